The van der Waals surface area contributed by atoms with Gasteiger partial charge in [-0.1, -0.05) is 5.16 Å². The molecule has 2 aromatic rings. The van der Waals surface area contributed by atoms with Gasteiger partial charge in [0.25, 0.3) is 0 Å². The first-order valence-electron chi connectivity index (χ1n) is 5.17. The zero-order chi connectivity index (χ0) is 12.1. The molecule has 0 spiro atoms. The maximum Gasteiger partial charge on any atom is 0.223 e. The van der Waals surface area contributed by atoms with Crippen LogP contribution in [0.1, 0.15) is 17.4 Å². The zero-order valence-electron chi connectivity index (χ0n) is 9.34. The number of anilines is 1. The molecule has 0 aliphatic carbocycles. The molecule has 0 saturated heterocycles. The van der Waals surface area contributed by atoms with Gasteiger partial charge in [0.2, 0.25) is 5.89 Å². The molecule has 6 nitrogen and oxygen atoms in total. The number of aryl methyl sites for hydroxylation is 1. The van der Waals surface area contributed by atoms with Gasteiger partial charge in [-0.15, -0.1) is 0 Å². The summed E-state index contributed by atoms with van der Waals surface area (Å²) in [7, 11) is 0. The highest BCUT2D eigenvalue weighted by Crippen LogP contribution is 2.07. The van der Waals surface area contributed by atoms with Crippen LogP contribution in [-0.4, -0.2) is 21.7 Å². The summed E-state index contributed by atoms with van der Waals surface area (Å²) in [6, 6.07) is 5.49. The van der Waals surface area contributed by atoms with Gasteiger partial charge in [-0.3, -0.25) is 0 Å². The maximum atomic E-state index is 8.70. The van der Waals surface area contributed by atoms with Crippen LogP contribution in [0.2, 0.25) is 0 Å². The lowest BCUT2D eigenvalue weighted by Crippen LogP contribution is -2.06. The first-order chi connectivity index (χ1) is 8.28. The number of pyridine rings is 1. The zero-order valence-corrected chi connectivity index (χ0v) is 9.34. The number of hydrogen-bond donors (Lipinski definition) is 1. The quantitative estimate of drug-likeness (QED) is 0.850. The highest BCUT2D eigenvalue weighted by atomic mass is 16.5. The van der Waals surface area contributed by atoms with E-state index in [-0.39, 0.29) is 0 Å². The minimum absolute atomic E-state index is 0.394. The van der Waals surface area contributed by atoms with Gasteiger partial charge in [-0.25, -0.2) is 4.98 Å². The summed E-state index contributed by atoms with van der Waals surface area (Å²) in [4.78, 5) is 7.98. The molecule has 0 atom stereocenters. The van der Waals surface area contributed by atoms with E-state index in [2.05, 4.69) is 20.4 Å². The Hall–Kier alpha value is -2.42. The summed E-state index contributed by atoms with van der Waals surface area (Å²) >= 11 is 0. The second-order valence-electron chi connectivity index (χ2n) is 3.45. The van der Waals surface area contributed by atoms with E-state index in [1.807, 2.05) is 12.1 Å². The molecule has 0 unspecified atom stereocenters. The molecule has 0 bridgehead atoms. The molecule has 0 saturated carbocycles. The van der Waals surface area contributed by atoms with E-state index in [0.717, 1.165) is 5.69 Å². The van der Waals surface area contributed by atoms with Crippen LogP contribution in [0.4, 0.5) is 5.69 Å². The Labute approximate surface area is 98.3 Å². The highest BCUT2D eigenvalue weighted by Gasteiger charge is 2.01. The fraction of sp³-hybridized carbons (Fsp3) is 0.273. The Bertz CT molecular complexity index is 543. The fourth-order valence-corrected chi connectivity index (χ4v) is 1.36. The Morgan fingerprint density at radius 3 is 3.12 bits per heavy atom. The van der Waals surface area contributed by atoms with Crippen LogP contribution in [-0.2, 0) is 6.42 Å². The number of rotatable bonds is 4. The second kappa shape index (κ2) is 5.07. The number of hydrogen-bond acceptors (Lipinski definition) is 6. The number of nitrogens with one attached hydrogen (secondary N) is 1. The van der Waals surface area contributed by atoms with Crippen LogP contribution in [0, 0.1) is 18.3 Å². The molecule has 0 aliphatic rings. The van der Waals surface area contributed by atoms with Gasteiger partial charge >= 0.3 is 0 Å². The van der Waals surface area contributed by atoms with Gasteiger partial charge in [0.05, 0.1) is 0 Å². The van der Waals surface area contributed by atoms with Crippen molar-refractivity contribution < 1.29 is 4.52 Å². The van der Waals surface area contributed by atoms with E-state index in [1.54, 1.807) is 19.2 Å². The number of nitrogens with zero attached hydrogens (tertiary/aromatic N) is 4. The van der Waals surface area contributed by atoms with Gasteiger partial charge in [-0.2, -0.15) is 10.2 Å². The SMILES string of the molecule is Cc1nc(CCNc2ccnc(C#N)c2)no1. The molecule has 0 aromatic carbocycles. The average molecular weight is 229 g/mol. The van der Waals surface area contributed by atoms with Crippen molar-refractivity contribution in [1.82, 2.24) is 15.1 Å². The first-order valence-corrected chi connectivity index (χ1v) is 5.17. The van der Waals surface area contributed by atoms with Gasteiger partial charge in [0.1, 0.15) is 11.8 Å². The molecule has 1 N–H and O–H groups in total. The van der Waals surface area contributed by atoms with Gasteiger partial charge in [0, 0.05) is 31.8 Å². The summed E-state index contributed by atoms with van der Waals surface area (Å²) in [6.07, 6.45) is 2.26. The van der Waals surface area contributed by atoms with Crippen LogP contribution in [0.15, 0.2) is 22.9 Å². The summed E-state index contributed by atoms with van der Waals surface area (Å²) in [5.41, 5.74) is 1.25. The third-order valence-corrected chi connectivity index (χ3v) is 2.12. The lowest BCUT2D eigenvalue weighted by atomic mass is 10.3. The third kappa shape index (κ3) is 3.01. The summed E-state index contributed by atoms with van der Waals surface area (Å²) in [6.45, 7) is 2.43. The monoisotopic (exact) mass is 229 g/mol. The lowest BCUT2D eigenvalue weighted by molar-refractivity contribution is 0.387. The van der Waals surface area contributed by atoms with Crippen molar-refractivity contribution in [2.24, 2.45) is 0 Å². The summed E-state index contributed by atoms with van der Waals surface area (Å²) in [5, 5.41) is 15.6. The second-order valence-corrected chi connectivity index (χ2v) is 3.45. The van der Waals surface area contributed by atoms with Gasteiger partial charge in [0.15, 0.2) is 5.82 Å². The topological polar surface area (TPSA) is 87.6 Å². The Kier molecular flexibility index (Phi) is 3.31. The van der Waals surface area contributed by atoms with Crippen molar-refractivity contribution >= 4 is 5.69 Å². The standard InChI is InChI=1S/C11H11N5O/c1-8-15-11(16-17-8)3-5-13-9-2-4-14-10(6-9)7-12/h2,4,6H,3,5H2,1H3,(H,13,14). The summed E-state index contributed by atoms with van der Waals surface area (Å²) in [5.74, 6) is 1.24. The van der Waals surface area contributed by atoms with Crippen molar-refractivity contribution in [3.05, 3.63) is 35.7 Å². The van der Waals surface area contributed by atoms with Gasteiger partial charge in [-0.05, 0) is 12.1 Å². The molecule has 2 heterocycles. The van der Waals surface area contributed by atoms with E-state index in [9.17, 15) is 0 Å². The van der Waals surface area contributed by atoms with Crippen LogP contribution < -0.4 is 5.32 Å². The molecular weight excluding hydrogens is 218 g/mol. The fourth-order valence-electron chi connectivity index (χ4n) is 1.36. The van der Waals surface area contributed by atoms with Gasteiger partial charge < -0.3 is 9.84 Å². The van der Waals surface area contributed by atoms with E-state index >= 15 is 0 Å². The molecule has 0 aliphatic heterocycles. The van der Waals surface area contributed by atoms with E-state index in [0.29, 0.717) is 30.4 Å². The van der Waals surface area contributed by atoms with Crippen LogP contribution in [0.5, 0.6) is 0 Å². The first kappa shape index (κ1) is 11.1. The molecule has 0 amide bonds. The normalized spacial score (nSPS) is 9.88. The lowest BCUT2D eigenvalue weighted by Gasteiger charge is -2.03. The molecule has 0 fully saturated rings. The smallest absolute Gasteiger partial charge is 0.223 e. The van der Waals surface area contributed by atoms with Crippen molar-refractivity contribution in [3.8, 4) is 6.07 Å². The van der Waals surface area contributed by atoms with E-state index < -0.39 is 0 Å². The molecule has 86 valence electrons. The largest absolute Gasteiger partial charge is 0.384 e. The predicted octanol–water partition coefficient (Wildman–Crippen LogP) is 1.30. The van der Waals surface area contributed by atoms with Crippen LogP contribution in [0.3, 0.4) is 0 Å². The molecular formula is C11H11N5O. The minimum Gasteiger partial charge on any atom is -0.384 e. The Balaban J connectivity index is 1.88. The predicted molar refractivity (Wildman–Crippen MR) is 60.2 cm³/mol. The van der Waals surface area contributed by atoms with Crippen molar-refractivity contribution in [3.63, 3.8) is 0 Å². The van der Waals surface area contributed by atoms with Crippen LogP contribution in [0.25, 0.3) is 0 Å². The molecule has 6 heteroatoms. The molecule has 17 heavy (non-hydrogen) atoms. The molecule has 2 rings (SSSR count). The average Bonchev–Trinajstić information content (AvgIpc) is 2.75. The van der Waals surface area contributed by atoms with Crippen molar-refractivity contribution in [1.29, 1.82) is 5.26 Å². The Morgan fingerprint density at radius 1 is 1.53 bits per heavy atom. The minimum atomic E-state index is 0.394. The van der Waals surface area contributed by atoms with E-state index in [4.69, 9.17) is 9.78 Å². The third-order valence-electron chi connectivity index (χ3n) is 2.12. The molecule has 0 radical (unpaired) electrons. The molecule has 2 aromatic heterocycles. The number of aromatic nitrogens is 3. The summed E-state index contributed by atoms with van der Waals surface area (Å²) < 4.78 is 4.86. The highest BCUT2D eigenvalue weighted by molar-refractivity contribution is 5.45. The maximum absolute atomic E-state index is 8.70. The van der Waals surface area contributed by atoms with Crippen LogP contribution >= 0.6 is 0 Å². The van der Waals surface area contributed by atoms with Crippen molar-refractivity contribution in [2.45, 2.75) is 13.3 Å². The van der Waals surface area contributed by atoms with Crippen molar-refractivity contribution in [2.75, 3.05) is 11.9 Å². The Morgan fingerprint density at radius 2 is 2.41 bits per heavy atom. The van der Waals surface area contributed by atoms with E-state index in [1.165, 1.54) is 0 Å². The number of nitriles is 1.